The molecule has 82 valence electrons. The van der Waals surface area contributed by atoms with Gasteiger partial charge in [0.15, 0.2) is 10.5 Å². The Kier molecular flexibility index (Phi) is 3.02. The van der Waals surface area contributed by atoms with E-state index >= 15 is 0 Å². The molecule has 8 heteroatoms. The van der Waals surface area contributed by atoms with Gasteiger partial charge in [0.1, 0.15) is 6.20 Å². The van der Waals surface area contributed by atoms with Crippen molar-refractivity contribution in [1.29, 1.82) is 0 Å². The fraction of sp³-hybridized carbons (Fsp3) is 0. The number of nitro groups is 1. The summed E-state index contributed by atoms with van der Waals surface area (Å²) in [7, 11) is 0. The summed E-state index contributed by atoms with van der Waals surface area (Å²) in [5.74, 6) is 0. The van der Waals surface area contributed by atoms with Crippen molar-refractivity contribution < 1.29 is 9.65 Å². The van der Waals surface area contributed by atoms with E-state index in [2.05, 4.69) is 4.98 Å². The number of aromatic nitrogens is 2. The Hall–Kier alpha value is -1.67. The Morgan fingerprint density at radius 3 is 2.94 bits per heavy atom. The molecule has 0 atom stereocenters. The Balaban J connectivity index is 2.21. The van der Waals surface area contributed by atoms with Crippen molar-refractivity contribution in [2.24, 2.45) is 0 Å². The van der Waals surface area contributed by atoms with Crippen LogP contribution in [-0.4, -0.2) is 9.91 Å². The van der Waals surface area contributed by atoms with Crippen molar-refractivity contribution in [1.82, 2.24) is 4.98 Å². The maximum atomic E-state index is 11.3. The number of pyridine rings is 1. The highest BCUT2D eigenvalue weighted by atomic mass is 32.2. The van der Waals surface area contributed by atoms with E-state index in [0.717, 1.165) is 23.1 Å². The first-order valence-electron chi connectivity index (χ1n) is 4.13. The second-order valence-electron chi connectivity index (χ2n) is 2.69. The predicted octanol–water partition coefficient (Wildman–Crippen LogP) is 1.84. The molecule has 2 rings (SSSR count). The topological polar surface area (TPSA) is 83.0 Å². The van der Waals surface area contributed by atoms with E-state index in [9.17, 15) is 15.3 Å². The standard InChI is InChI=1S/C8H5N3O3S2/c12-10-4-2-1-3-6(10)15-8-9-5-7(16-8)11(13)14/h1-5H. The summed E-state index contributed by atoms with van der Waals surface area (Å²) < 4.78 is 1.17. The molecule has 16 heavy (non-hydrogen) atoms. The number of nitrogens with zero attached hydrogens (tertiary/aromatic N) is 3. The number of hydrogen-bond donors (Lipinski definition) is 0. The van der Waals surface area contributed by atoms with E-state index in [-0.39, 0.29) is 5.00 Å². The molecule has 2 aromatic heterocycles. The highest BCUT2D eigenvalue weighted by Crippen LogP contribution is 2.32. The smallest absolute Gasteiger partial charge is 0.344 e. The summed E-state index contributed by atoms with van der Waals surface area (Å²) in [6.07, 6.45) is 2.55. The highest BCUT2D eigenvalue weighted by molar-refractivity contribution is 8.00. The average Bonchev–Trinajstić information content (AvgIpc) is 2.70. The van der Waals surface area contributed by atoms with Gasteiger partial charge in [-0.1, -0.05) is 0 Å². The Bertz CT molecular complexity index is 529. The van der Waals surface area contributed by atoms with Crippen LogP contribution in [0.2, 0.25) is 0 Å². The maximum Gasteiger partial charge on any atom is 0.344 e. The molecule has 0 aliphatic heterocycles. The molecule has 0 radical (unpaired) electrons. The molecule has 0 unspecified atom stereocenters. The largest absolute Gasteiger partial charge is 0.618 e. The fourth-order valence-electron chi connectivity index (χ4n) is 0.963. The summed E-state index contributed by atoms with van der Waals surface area (Å²) in [4.78, 5) is 13.8. The van der Waals surface area contributed by atoms with Gasteiger partial charge < -0.3 is 5.21 Å². The zero-order valence-corrected chi connectivity index (χ0v) is 9.40. The molecule has 0 fully saturated rings. The van der Waals surface area contributed by atoms with E-state index in [0.29, 0.717) is 14.1 Å². The third-order valence-corrected chi connectivity index (χ3v) is 3.68. The van der Waals surface area contributed by atoms with Crippen molar-refractivity contribution in [3.63, 3.8) is 0 Å². The lowest BCUT2D eigenvalue weighted by atomic mass is 10.5. The molecule has 0 saturated carbocycles. The van der Waals surface area contributed by atoms with Gasteiger partial charge in [-0.25, -0.2) is 4.98 Å². The lowest BCUT2D eigenvalue weighted by Gasteiger charge is -1.99. The van der Waals surface area contributed by atoms with Crippen molar-refractivity contribution >= 4 is 28.1 Å². The lowest BCUT2D eigenvalue weighted by molar-refractivity contribution is -0.645. The first-order chi connectivity index (χ1) is 7.66. The van der Waals surface area contributed by atoms with Crippen LogP contribution in [-0.2, 0) is 0 Å². The van der Waals surface area contributed by atoms with Gasteiger partial charge in [-0.15, -0.1) is 0 Å². The molecule has 6 nitrogen and oxygen atoms in total. The molecule has 0 amide bonds. The van der Waals surface area contributed by atoms with Crippen LogP contribution in [0.1, 0.15) is 0 Å². The Labute approximate surface area is 98.3 Å². The molecule has 2 heterocycles. The zero-order valence-electron chi connectivity index (χ0n) is 7.77. The predicted molar refractivity (Wildman–Crippen MR) is 58.3 cm³/mol. The third-order valence-electron chi connectivity index (χ3n) is 1.63. The van der Waals surface area contributed by atoms with Gasteiger partial charge in [0.25, 0.3) is 5.03 Å². The second kappa shape index (κ2) is 4.45. The normalized spacial score (nSPS) is 10.2. The first-order valence-corrected chi connectivity index (χ1v) is 5.76. The molecule has 0 saturated heterocycles. The molecular weight excluding hydrogens is 250 g/mol. The summed E-state index contributed by atoms with van der Waals surface area (Å²) >= 11 is 2.05. The van der Waals surface area contributed by atoms with Crippen LogP contribution in [0.25, 0.3) is 0 Å². The van der Waals surface area contributed by atoms with E-state index < -0.39 is 4.92 Å². The minimum Gasteiger partial charge on any atom is -0.618 e. The molecule has 0 aliphatic rings. The van der Waals surface area contributed by atoms with Gasteiger partial charge in [-0.2, -0.15) is 4.73 Å². The molecule has 0 aromatic carbocycles. The van der Waals surface area contributed by atoms with Crippen LogP contribution < -0.4 is 4.73 Å². The van der Waals surface area contributed by atoms with Crippen molar-refractivity contribution in [3.05, 3.63) is 45.9 Å². The van der Waals surface area contributed by atoms with Gasteiger partial charge >= 0.3 is 5.00 Å². The minimum atomic E-state index is -0.502. The molecule has 0 aliphatic carbocycles. The van der Waals surface area contributed by atoms with Gasteiger partial charge in [-0.05, 0) is 17.4 Å². The highest BCUT2D eigenvalue weighted by Gasteiger charge is 2.15. The molecule has 2 aromatic rings. The quantitative estimate of drug-likeness (QED) is 0.361. The van der Waals surface area contributed by atoms with Gasteiger partial charge in [0.05, 0.1) is 4.92 Å². The number of thiazole rings is 1. The maximum absolute atomic E-state index is 11.3. The van der Waals surface area contributed by atoms with Crippen LogP contribution in [0, 0.1) is 15.3 Å². The summed E-state index contributed by atoms with van der Waals surface area (Å²) in [6, 6.07) is 4.96. The van der Waals surface area contributed by atoms with E-state index in [4.69, 9.17) is 0 Å². The van der Waals surface area contributed by atoms with Gasteiger partial charge in [0, 0.05) is 23.9 Å². The lowest BCUT2D eigenvalue weighted by Crippen LogP contribution is -2.27. The Morgan fingerprint density at radius 1 is 1.50 bits per heavy atom. The van der Waals surface area contributed by atoms with E-state index in [1.807, 2.05) is 0 Å². The van der Waals surface area contributed by atoms with Gasteiger partial charge in [-0.3, -0.25) is 10.1 Å². The summed E-state index contributed by atoms with van der Waals surface area (Å²) in [6.45, 7) is 0. The van der Waals surface area contributed by atoms with Crippen LogP contribution in [0.3, 0.4) is 0 Å². The second-order valence-corrected chi connectivity index (χ2v) is 4.96. The third kappa shape index (κ3) is 2.28. The molecule has 0 N–H and O–H groups in total. The van der Waals surface area contributed by atoms with Crippen LogP contribution in [0.5, 0.6) is 0 Å². The number of hydrogen-bond acceptors (Lipinski definition) is 6. The van der Waals surface area contributed by atoms with Crippen LogP contribution in [0.4, 0.5) is 5.00 Å². The monoisotopic (exact) mass is 255 g/mol. The average molecular weight is 255 g/mol. The summed E-state index contributed by atoms with van der Waals surface area (Å²) in [5.41, 5.74) is 0. The minimum absolute atomic E-state index is 0.0316. The molecular formula is C8H5N3O3S2. The van der Waals surface area contributed by atoms with E-state index in [1.54, 1.807) is 18.2 Å². The van der Waals surface area contributed by atoms with Gasteiger partial charge in [0.2, 0.25) is 0 Å². The van der Waals surface area contributed by atoms with Crippen molar-refractivity contribution in [2.45, 2.75) is 9.37 Å². The van der Waals surface area contributed by atoms with Crippen LogP contribution >= 0.6 is 23.1 Å². The Morgan fingerprint density at radius 2 is 2.31 bits per heavy atom. The molecule has 0 spiro atoms. The van der Waals surface area contributed by atoms with Crippen molar-refractivity contribution in [2.75, 3.05) is 0 Å². The number of rotatable bonds is 3. The van der Waals surface area contributed by atoms with E-state index in [1.165, 1.54) is 12.4 Å². The van der Waals surface area contributed by atoms with Crippen LogP contribution in [0.15, 0.2) is 40.0 Å². The van der Waals surface area contributed by atoms with Crippen molar-refractivity contribution in [3.8, 4) is 0 Å². The fourth-order valence-corrected chi connectivity index (χ4v) is 2.69. The molecule has 0 bridgehead atoms. The first kappa shape index (κ1) is 10.8. The summed E-state index contributed by atoms with van der Waals surface area (Å²) in [5, 5.41) is 22.1. The zero-order chi connectivity index (χ0) is 11.5. The SMILES string of the molecule is O=[N+]([O-])c1cnc(Sc2cccc[n+]2[O-])s1.